The Bertz CT molecular complexity index is 422. The normalized spacial score (nSPS) is 22.6. The van der Waals surface area contributed by atoms with Gasteiger partial charge < -0.3 is 14.2 Å². The molecule has 112 valence electrons. The van der Waals surface area contributed by atoms with Crippen molar-refractivity contribution in [3.63, 3.8) is 0 Å². The van der Waals surface area contributed by atoms with Crippen LogP contribution in [0.3, 0.4) is 0 Å². The van der Waals surface area contributed by atoms with Crippen LogP contribution < -0.4 is 9.47 Å². The monoisotopic (exact) mass is 342 g/mol. The minimum Gasteiger partial charge on any atom is -0.490 e. The lowest BCUT2D eigenvalue weighted by Gasteiger charge is -2.29. The molecule has 0 aliphatic heterocycles. The van der Waals surface area contributed by atoms with Crippen molar-refractivity contribution in [2.24, 2.45) is 0 Å². The van der Waals surface area contributed by atoms with E-state index in [0.29, 0.717) is 12.7 Å². The third-order valence-corrected chi connectivity index (χ3v) is 4.31. The lowest BCUT2D eigenvalue weighted by atomic mass is 9.95. The van der Waals surface area contributed by atoms with E-state index < -0.39 is 0 Å². The molecule has 1 aromatic carbocycles. The molecule has 4 heteroatoms. The first-order valence-corrected chi connectivity index (χ1v) is 8.40. The predicted molar refractivity (Wildman–Crippen MR) is 83.9 cm³/mol. The lowest BCUT2D eigenvalue weighted by Crippen LogP contribution is -2.29. The fourth-order valence-corrected chi connectivity index (χ4v) is 2.95. The van der Waals surface area contributed by atoms with Gasteiger partial charge in [-0.1, -0.05) is 22.0 Å². The van der Waals surface area contributed by atoms with Crippen molar-refractivity contribution in [2.45, 2.75) is 50.1 Å². The van der Waals surface area contributed by atoms with Gasteiger partial charge in [0.05, 0.1) is 12.7 Å². The molecule has 0 radical (unpaired) electrons. The number of alkyl halides is 1. The van der Waals surface area contributed by atoms with Crippen molar-refractivity contribution in [3.05, 3.63) is 23.8 Å². The summed E-state index contributed by atoms with van der Waals surface area (Å²) in [5.41, 5.74) is 1.19. The highest BCUT2D eigenvalue weighted by Crippen LogP contribution is 2.33. The maximum atomic E-state index is 6.15. The molecule has 0 aromatic heterocycles. The summed E-state index contributed by atoms with van der Waals surface area (Å²) in [6.07, 6.45) is 4.89. The van der Waals surface area contributed by atoms with E-state index in [1.807, 2.05) is 19.1 Å². The second-order valence-corrected chi connectivity index (χ2v) is 5.67. The van der Waals surface area contributed by atoms with Crippen LogP contribution >= 0.6 is 15.9 Å². The first-order valence-electron chi connectivity index (χ1n) is 7.28. The van der Waals surface area contributed by atoms with Crippen LogP contribution in [-0.4, -0.2) is 25.9 Å². The number of halogens is 1. The second kappa shape index (κ2) is 7.89. The van der Waals surface area contributed by atoms with E-state index in [1.165, 1.54) is 5.56 Å². The third kappa shape index (κ3) is 4.13. The molecule has 0 heterocycles. The predicted octanol–water partition coefficient (Wildman–Crippen LogP) is 4.32. The fraction of sp³-hybridized carbons (Fsp3) is 0.625. The van der Waals surface area contributed by atoms with Gasteiger partial charge in [-0.05, 0) is 43.9 Å². The van der Waals surface area contributed by atoms with Gasteiger partial charge in [0.2, 0.25) is 0 Å². The Balaban J connectivity index is 2.07. The maximum absolute atomic E-state index is 6.15. The van der Waals surface area contributed by atoms with Gasteiger partial charge >= 0.3 is 0 Å². The minimum atomic E-state index is 0.225. The van der Waals surface area contributed by atoms with E-state index in [1.54, 1.807) is 7.11 Å². The average molecular weight is 343 g/mol. The number of ether oxygens (including phenoxy) is 3. The maximum Gasteiger partial charge on any atom is 0.161 e. The van der Waals surface area contributed by atoms with Gasteiger partial charge in [-0.2, -0.15) is 0 Å². The van der Waals surface area contributed by atoms with Crippen molar-refractivity contribution in [1.82, 2.24) is 0 Å². The summed E-state index contributed by atoms with van der Waals surface area (Å²) in [6.45, 7) is 2.64. The van der Waals surface area contributed by atoms with Crippen LogP contribution in [0.1, 0.15) is 38.2 Å². The van der Waals surface area contributed by atoms with Crippen LogP contribution in [0.15, 0.2) is 18.2 Å². The molecular weight excluding hydrogens is 320 g/mol. The summed E-state index contributed by atoms with van der Waals surface area (Å²) in [6, 6.07) is 6.13. The Hall–Kier alpha value is -0.740. The zero-order valence-corrected chi connectivity index (χ0v) is 13.8. The van der Waals surface area contributed by atoms with Gasteiger partial charge in [-0.25, -0.2) is 0 Å². The summed E-state index contributed by atoms with van der Waals surface area (Å²) >= 11 is 3.47. The van der Waals surface area contributed by atoms with E-state index in [0.717, 1.165) is 42.5 Å². The largest absolute Gasteiger partial charge is 0.490 e. The van der Waals surface area contributed by atoms with E-state index >= 15 is 0 Å². The Labute approximate surface area is 129 Å². The smallest absolute Gasteiger partial charge is 0.161 e. The van der Waals surface area contributed by atoms with Crippen molar-refractivity contribution in [2.75, 3.05) is 13.7 Å². The average Bonchev–Trinajstić information content (AvgIpc) is 2.49. The highest BCUT2D eigenvalue weighted by Gasteiger charge is 2.24. The first kappa shape index (κ1) is 15.6. The SMILES string of the molecule is CCOc1cc(CBr)ccc1OC1CCCC(OC)C1. The highest BCUT2D eigenvalue weighted by atomic mass is 79.9. The van der Waals surface area contributed by atoms with Crippen LogP contribution in [0, 0.1) is 0 Å². The molecule has 0 saturated heterocycles. The van der Waals surface area contributed by atoms with E-state index in [9.17, 15) is 0 Å². The van der Waals surface area contributed by atoms with Crippen LogP contribution in [0.25, 0.3) is 0 Å². The number of methoxy groups -OCH3 is 1. The number of hydrogen-bond donors (Lipinski definition) is 0. The zero-order chi connectivity index (χ0) is 14.4. The summed E-state index contributed by atoms with van der Waals surface area (Å²) in [5.74, 6) is 1.68. The van der Waals surface area contributed by atoms with E-state index in [2.05, 4.69) is 22.0 Å². The van der Waals surface area contributed by atoms with Gasteiger partial charge in [0, 0.05) is 18.9 Å². The number of rotatable bonds is 6. The molecule has 2 rings (SSSR count). The molecule has 0 N–H and O–H groups in total. The Morgan fingerprint density at radius 1 is 1.20 bits per heavy atom. The molecule has 1 fully saturated rings. The molecule has 1 saturated carbocycles. The molecule has 1 aliphatic carbocycles. The molecule has 0 bridgehead atoms. The third-order valence-electron chi connectivity index (χ3n) is 3.67. The summed E-state index contributed by atoms with van der Waals surface area (Å²) in [5, 5.41) is 0.822. The van der Waals surface area contributed by atoms with Gasteiger partial charge in [-0.15, -0.1) is 0 Å². The number of benzene rings is 1. The molecule has 20 heavy (non-hydrogen) atoms. The summed E-state index contributed by atoms with van der Waals surface area (Å²) in [7, 11) is 1.78. The van der Waals surface area contributed by atoms with E-state index in [-0.39, 0.29) is 6.10 Å². The highest BCUT2D eigenvalue weighted by molar-refractivity contribution is 9.08. The molecule has 0 spiro atoms. The van der Waals surface area contributed by atoms with Crippen LogP contribution in [0.5, 0.6) is 11.5 Å². The first-order chi connectivity index (χ1) is 9.76. The molecule has 3 nitrogen and oxygen atoms in total. The standard InChI is InChI=1S/C16H23BrO3/c1-3-19-16-9-12(11-17)7-8-15(16)20-14-6-4-5-13(10-14)18-2/h7-9,13-14H,3-6,10-11H2,1-2H3. The molecular formula is C16H23BrO3. The van der Waals surface area contributed by atoms with Crippen LogP contribution in [0.4, 0.5) is 0 Å². The van der Waals surface area contributed by atoms with Crippen LogP contribution in [0.2, 0.25) is 0 Å². The summed E-state index contributed by atoms with van der Waals surface area (Å²) < 4.78 is 17.3. The second-order valence-electron chi connectivity index (χ2n) is 5.11. The molecule has 2 atom stereocenters. The van der Waals surface area contributed by atoms with Crippen molar-refractivity contribution < 1.29 is 14.2 Å². The fourth-order valence-electron chi connectivity index (χ4n) is 2.60. The van der Waals surface area contributed by atoms with Gasteiger partial charge in [0.15, 0.2) is 11.5 Å². The van der Waals surface area contributed by atoms with Crippen molar-refractivity contribution in [1.29, 1.82) is 0 Å². The van der Waals surface area contributed by atoms with Crippen molar-refractivity contribution >= 4 is 15.9 Å². The topological polar surface area (TPSA) is 27.7 Å². The van der Waals surface area contributed by atoms with Gasteiger partial charge in [-0.3, -0.25) is 0 Å². The zero-order valence-electron chi connectivity index (χ0n) is 12.2. The summed E-state index contributed by atoms with van der Waals surface area (Å²) in [4.78, 5) is 0. The Morgan fingerprint density at radius 2 is 2.00 bits per heavy atom. The van der Waals surface area contributed by atoms with Gasteiger partial charge in [0.1, 0.15) is 6.10 Å². The lowest BCUT2D eigenvalue weighted by molar-refractivity contribution is 0.0200. The quantitative estimate of drug-likeness (QED) is 0.720. The van der Waals surface area contributed by atoms with Gasteiger partial charge in [0.25, 0.3) is 0 Å². The molecule has 1 aliphatic rings. The minimum absolute atomic E-state index is 0.225. The number of hydrogen-bond acceptors (Lipinski definition) is 3. The Morgan fingerprint density at radius 3 is 2.70 bits per heavy atom. The molecule has 0 amide bonds. The Kier molecular flexibility index (Phi) is 6.17. The van der Waals surface area contributed by atoms with E-state index in [4.69, 9.17) is 14.2 Å². The van der Waals surface area contributed by atoms with Crippen LogP contribution in [-0.2, 0) is 10.1 Å². The molecule has 1 aromatic rings. The van der Waals surface area contributed by atoms with Crippen molar-refractivity contribution in [3.8, 4) is 11.5 Å². The molecule has 2 unspecified atom stereocenters.